The van der Waals surface area contributed by atoms with Crippen LogP contribution in [0.3, 0.4) is 0 Å². The average molecular weight is 967 g/mol. The number of nitrogens with zero attached hydrogens (tertiary/aromatic N) is 1. The van der Waals surface area contributed by atoms with Gasteiger partial charge >= 0.3 is 0 Å². The van der Waals surface area contributed by atoms with Crippen LogP contribution in [0.5, 0.6) is 0 Å². The van der Waals surface area contributed by atoms with Crippen LogP contribution in [0.4, 0.5) is 0 Å². The van der Waals surface area contributed by atoms with Gasteiger partial charge < -0.3 is 0 Å². The summed E-state index contributed by atoms with van der Waals surface area (Å²) in [5.41, 5.74) is 1.06. The highest BCUT2D eigenvalue weighted by atomic mass is 32.3. The van der Waals surface area contributed by atoms with Crippen molar-refractivity contribution in [2.45, 2.75) is 241 Å². The van der Waals surface area contributed by atoms with Crippen LogP contribution in [0, 0.1) is 6.92 Å². The number of rotatable bonds is 38. The third-order valence-corrected chi connectivity index (χ3v) is 22.2. The molecule has 1 aromatic heterocycles. The Bertz CT molecular complexity index is 1550. The Morgan fingerprint density at radius 2 is 0.721 bits per heavy atom. The third kappa shape index (κ3) is 21.9. The zero-order valence-electron chi connectivity index (χ0n) is 38.6. The molecule has 0 aliphatic carbocycles. The van der Waals surface area contributed by atoms with Gasteiger partial charge in [0.1, 0.15) is 0 Å². The van der Waals surface area contributed by atoms with Gasteiger partial charge in [-0.1, -0.05) is 271 Å². The predicted octanol–water partition coefficient (Wildman–Crippen LogP) is 20.0. The van der Waals surface area contributed by atoms with Gasteiger partial charge in [0.05, 0.1) is 21.8 Å². The molecule has 4 rings (SSSR count). The molecule has 2 aromatic rings. The number of unbranched alkanes of at least 4 members (excludes halogenated alkanes) is 30. The van der Waals surface area contributed by atoms with Gasteiger partial charge in [-0.3, -0.25) is 0 Å². The first-order chi connectivity index (χ1) is 29.9. The maximum Gasteiger partial charge on any atom is 0.267 e. The molecule has 0 saturated carbocycles. The van der Waals surface area contributed by atoms with E-state index in [9.17, 15) is 8.42 Å². The Morgan fingerprint density at radius 3 is 1.05 bits per heavy atom. The summed E-state index contributed by atoms with van der Waals surface area (Å²) in [6.07, 6.45) is 48.8. The lowest BCUT2D eigenvalue weighted by molar-refractivity contribution is 0.532. The van der Waals surface area contributed by atoms with Crippen molar-refractivity contribution in [1.29, 1.82) is 0 Å². The van der Waals surface area contributed by atoms with Crippen molar-refractivity contribution >= 4 is 80.6 Å². The summed E-state index contributed by atoms with van der Waals surface area (Å²) in [5.74, 6) is 2.41. The summed E-state index contributed by atoms with van der Waals surface area (Å²) in [5, 5.41) is 0. The van der Waals surface area contributed by atoms with E-state index in [1.165, 1.54) is 238 Å². The van der Waals surface area contributed by atoms with E-state index in [0.29, 0.717) is 4.90 Å². The van der Waals surface area contributed by atoms with Crippen molar-refractivity contribution in [1.82, 2.24) is 3.97 Å². The molecule has 0 radical (unpaired) electrons. The monoisotopic (exact) mass is 965 g/mol. The van der Waals surface area contributed by atoms with E-state index in [0.717, 1.165) is 15.4 Å². The zero-order chi connectivity index (χ0) is 43.2. The van der Waals surface area contributed by atoms with Crippen LogP contribution in [0.2, 0.25) is 0 Å². The lowest BCUT2D eigenvalue weighted by Gasteiger charge is -2.07. The Morgan fingerprint density at radius 1 is 0.426 bits per heavy atom. The van der Waals surface area contributed by atoms with Gasteiger partial charge in [-0.15, -0.1) is 23.5 Å². The molecule has 346 valence electrons. The number of aryl methyl sites for hydroxylation is 1. The van der Waals surface area contributed by atoms with Gasteiger partial charge in [0.15, 0.2) is 0 Å². The topological polar surface area (TPSA) is 39.1 Å². The molecular weight excluding hydrogens is 883 g/mol. The van der Waals surface area contributed by atoms with Crippen LogP contribution in [-0.4, -0.2) is 23.9 Å². The number of thioether (sulfide) groups is 6. The fourth-order valence-corrected chi connectivity index (χ4v) is 18.1. The van der Waals surface area contributed by atoms with Crippen LogP contribution in [-0.2, 0) is 10.0 Å². The molecule has 0 saturated heterocycles. The molecule has 3 nitrogen and oxygen atoms in total. The first-order valence-electron chi connectivity index (χ1n) is 24.9. The molecule has 3 heterocycles. The van der Waals surface area contributed by atoms with Crippen molar-refractivity contribution < 1.29 is 8.42 Å². The number of aromatic nitrogens is 1. The molecule has 1 aromatic carbocycles. The molecule has 10 heteroatoms. The molecule has 0 fully saturated rings. The van der Waals surface area contributed by atoms with E-state index in [4.69, 9.17) is 0 Å². The Labute approximate surface area is 401 Å². The van der Waals surface area contributed by atoms with Gasteiger partial charge in [-0.2, -0.15) is 0 Å². The fourth-order valence-electron chi connectivity index (χ4n) is 7.99. The van der Waals surface area contributed by atoms with Gasteiger partial charge in [0, 0.05) is 22.2 Å². The Kier molecular flexibility index (Phi) is 29.5. The molecule has 0 unspecified atom stereocenters. The van der Waals surface area contributed by atoms with E-state index >= 15 is 0 Å². The van der Waals surface area contributed by atoms with Crippen LogP contribution in [0.25, 0.3) is 0 Å². The quantitative estimate of drug-likeness (QED) is 0.0617. The van der Waals surface area contributed by atoms with E-state index in [2.05, 4.69) is 37.4 Å². The molecule has 2 aliphatic rings. The normalized spacial score (nSPS) is 14.3. The van der Waals surface area contributed by atoms with Crippen molar-refractivity contribution in [2.75, 3.05) is 11.5 Å². The zero-order valence-corrected chi connectivity index (χ0v) is 44.3. The van der Waals surface area contributed by atoms with Crippen molar-refractivity contribution in [2.24, 2.45) is 0 Å². The summed E-state index contributed by atoms with van der Waals surface area (Å²) < 4.78 is 33.8. The standard InChI is InChI=1S/C51H83NO2S7/c1-4-6-8-10-12-14-16-18-20-22-24-26-28-30-32-34-40-55-48-49(56-41-35-33-31-29-27-25-23-21-19-17-15-13-11-9-7-5-2)60-51(59-48)50-57-46-42-52(43-47(46)58-50)61(53,54)45-38-36-44(3)37-39-45/h36-39,42-43H,4-35,40-41H2,1-3H3. The number of benzene rings is 1. The minimum atomic E-state index is -3.60. The number of hydrogen-bond donors (Lipinski definition) is 0. The molecule has 0 amide bonds. The van der Waals surface area contributed by atoms with Gasteiger partial charge in [0.2, 0.25) is 0 Å². The van der Waals surface area contributed by atoms with Crippen LogP contribution >= 0.6 is 70.6 Å². The fraction of sp³-hybridized carbons (Fsp3) is 0.725. The highest BCUT2D eigenvalue weighted by Gasteiger charge is 2.31. The minimum Gasteiger partial charge on any atom is -0.247 e. The van der Waals surface area contributed by atoms with Crippen molar-refractivity contribution in [3.8, 4) is 0 Å². The second kappa shape index (κ2) is 33.5. The highest BCUT2D eigenvalue weighted by molar-refractivity contribution is 8.42. The van der Waals surface area contributed by atoms with Crippen LogP contribution in [0.1, 0.15) is 225 Å². The third-order valence-electron chi connectivity index (χ3n) is 11.9. The largest absolute Gasteiger partial charge is 0.267 e. The number of hydrogen-bond acceptors (Lipinski definition) is 8. The number of fused-ring (bicyclic) bond motifs is 1. The van der Waals surface area contributed by atoms with Crippen molar-refractivity contribution in [3.63, 3.8) is 0 Å². The van der Waals surface area contributed by atoms with E-state index < -0.39 is 10.0 Å². The van der Waals surface area contributed by atoms with Crippen molar-refractivity contribution in [3.05, 3.63) is 59.2 Å². The molecule has 0 N–H and O–H groups in total. The van der Waals surface area contributed by atoms with Gasteiger partial charge in [-0.05, 0) is 43.4 Å². The molecular formula is C51H83NO2S7. The average Bonchev–Trinajstić information content (AvgIpc) is 3.98. The van der Waals surface area contributed by atoms with Crippen LogP contribution in [0.15, 0.2) is 68.3 Å². The molecule has 0 bridgehead atoms. The minimum absolute atomic E-state index is 0.337. The maximum atomic E-state index is 13.4. The smallest absolute Gasteiger partial charge is 0.247 e. The summed E-state index contributed by atoms with van der Waals surface area (Å²) in [7, 11) is -3.60. The Hall–Kier alpha value is 0.0300. The summed E-state index contributed by atoms with van der Waals surface area (Å²) in [6, 6.07) is 7.15. The first kappa shape index (κ1) is 53.6. The molecule has 2 aliphatic heterocycles. The SMILES string of the molecule is CCCCCCCCCCCCCCCCCCSC1=C(SCCCCCCCCCCCCCCCCCC)SC(=C2Sc3cn(S(=O)(=O)c4ccc(C)cc4)cc3S2)S1. The lowest BCUT2D eigenvalue weighted by Crippen LogP contribution is -2.10. The van der Waals surface area contributed by atoms with Gasteiger partial charge in [0.25, 0.3) is 10.0 Å². The second-order valence-corrected chi connectivity index (χ2v) is 26.7. The summed E-state index contributed by atoms with van der Waals surface area (Å²) in [4.78, 5) is 2.42. The molecule has 0 atom stereocenters. The summed E-state index contributed by atoms with van der Waals surface area (Å²) >= 11 is 11.6. The summed E-state index contributed by atoms with van der Waals surface area (Å²) in [6.45, 7) is 6.58. The lowest BCUT2D eigenvalue weighted by atomic mass is 10.0. The molecule has 0 spiro atoms. The first-order valence-corrected chi connectivity index (χ1v) is 31.6. The van der Waals surface area contributed by atoms with Crippen LogP contribution < -0.4 is 0 Å². The van der Waals surface area contributed by atoms with Gasteiger partial charge in [-0.25, -0.2) is 12.4 Å². The molecule has 61 heavy (non-hydrogen) atoms. The highest BCUT2D eigenvalue weighted by Crippen LogP contribution is 2.64. The second-order valence-electron chi connectivity index (χ2n) is 17.5. The van der Waals surface area contributed by atoms with E-state index in [1.54, 1.807) is 35.7 Å². The predicted molar refractivity (Wildman–Crippen MR) is 283 cm³/mol. The van der Waals surface area contributed by atoms with E-state index in [1.807, 2.05) is 55.0 Å². The maximum absolute atomic E-state index is 13.4. The Balaban J connectivity index is 1.13. The van der Waals surface area contributed by atoms with E-state index in [-0.39, 0.29) is 0 Å².